The Kier molecular flexibility index (Phi) is 2.80. The van der Waals surface area contributed by atoms with Crippen LogP contribution in [0.4, 0.5) is 5.95 Å². The van der Waals surface area contributed by atoms with Crippen molar-refractivity contribution >= 4 is 40.4 Å². The highest BCUT2D eigenvalue weighted by Gasteiger charge is 2.23. The molecule has 0 aliphatic carbocycles. The predicted molar refractivity (Wildman–Crippen MR) is 60.1 cm³/mol. The molecule has 0 unspecified atom stereocenters. The fourth-order valence-corrected chi connectivity index (χ4v) is 1.53. The number of rotatable bonds is 1. The lowest BCUT2D eigenvalue weighted by Gasteiger charge is -2.24. The largest absolute Gasteiger partial charge is 0.322 e. The third kappa shape index (κ3) is 2.41. The van der Waals surface area contributed by atoms with E-state index in [9.17, 15) is 9.59 Å². The molecule has 2 heterocycles. The predicted octanol–water partition coefficient (Wildman–Crippen LogP) is -0.456. The number of aromatic nitrogens is 2. The number of halogens is 1. The molecule has 1 aromatic heterocycles. The Morgan fingerprint density at radius 2 is 1.73 bits per heavy atom. The van der Waals surface area contributed by atoms with Gasteiger partial charge in [-0.05, 0) is 22.6 Å². The van der Waals surface area contributed by atoms with E-state index in [4.69, 9.17) is 0 Å². The van der Waals surface area contributed by atoms with Crippen LogP contribution in [0.5, 0.6) is 0 Å². The highest BCUT2D eigenvalue weighted by atomic mass is 127. The smallest absolute Gasteiger partial charge is 0.246 e. The Hall–Kier alpha value is -1.25. The Labute approximate surface area is 99.2 Å². The molecule has 0 saturated carbocycles. The van der Waals surface area contributed by atoms with Gasteiger partial charge in [0.05, 0.1) is 0 Å². The molecule has 1 N–H and O–H groups in total. The van der Waals surface area contributed by atoms with E-state index in [0.29, 0.717) is 5.95 Å². The van der Waals surface area contributed by atoms with Gasteiger partial charge in [0.1, 0.15) is 13.1 Å². The highest BCUT2D eigenvalue weighted by Crippen LogP contribution is 2.09. The van der Waals surface area contributed by atoms with Gasteiger partial charge in [-0.2, -0.15) is 0 Å². The average molecular weight is 318 g/mol. The summed E-state index contributed by atoms with van der Waals surface area (Å²) in [6.07, 6.45) is 3.28. The Morgan fingerprint density at radius 1 is 1.20 bits per heavy atom. The maximum absolute atomic E-state index is 11.1. The highest BCUT2D eigenvalue weighted by molar-refractivity contribution is 14.1. The van der Waals surface area contributed by atoms with Crippen molar-refractivity contribution in [2.24, 2.45) is 0 Å². The number of anilines is 1. The molecule has 2 rings (SSSR count). The van der Waals surface area contributed by atoms with Crippen LogP contribution in [-0.4, -0.2) is 34.9 Å². The molecule has 1 fully saturated rings. The SMILES string of the molecule is O=C1CN(c2ncc(I)cn2)CC(=O)N1. The molecule has 0 radical (unpaired) electrons. The van der Waals surface area contributed by atoms with Crippen molar-refractivity contribution in [1.82, 2.24) is 15.3 Å². The van der Waals surface area contributed by atoms with E-state index in [2.05, 4.69) is 37.9 Å². The first-order chi connectivity index (χ1) is 7.15. The first kappa shape index (κ1) is 10.3. The minimum atomic E-state index is -0.326. The zero-order valence-electron chi connectivity index (χ0n) is 7.61. The number of nitrogens with one attached hydrogen (secondary N) is 1. The maximum atomic E-state index is 11.1. The lowest BCUT2D eigenvalue weighted by Crippen LogP contribution is -2.52. The first-order valence-corrected chi connectivity index (χ1v) is 5.28. The second-order valence-electron chi connectivity index (χ2n) is 3.03. The number of imide groups is 1. The molecule has 78 valence electrons. The number of hydrogen-bond donors (Lipinski definition) is 1. The number of carbonyl (C=O) groups excluding carboxylic acids is 2. The molecular weight excluding hydrogens is 311 g/mol. The third-order valence-electron chi connectivity index (χ3n) is 1.84. The molecule has 0 aromatic carbocycles. The molecule has 2 amide bonds. The summed E-state index contributed by atoms with van der Waals surface area (Å²) in [5.41, 5.74) is 0. The summed E-state index contributed by atoms with van der Waals surface area (Å²) in [5.74, 6) is -0.250. The molecule has 1 aliphatic heterocycles. The van der Waals surface area contributed by atoms with Gasteiger partial charge in [-0.25, -0.2) is 9.97 Å². The summed E-state index contributed by atoms with van der Waals surface area (Å²) in [7, 11) is 0. The van der Waals surface area contributed by atoms with Gasteiger partial charge in [0.25, 0.3) is 0 Å². The van der Waals surface area contributed by atoms with Crippen molar-refractivity contribution in [2.75, 3.05) is 18.0 Å². The molecule has 7 heteroatoms. The standard InChI is InChI=1S/C8H7IN4O2/c9-5-1-10-8(11-2-5)13-3-6(14)12-7(15)4-13/h1-2H,3-4H2,(H,12,14,15). The average Bonchev–Trinajstić information content (AvgIpc) is 2.17. The quantitative estimate of drug-likeness (QED) is 0.560. The Bertz CT molecular complexity index is 390. The first-order valence-electron chi connectivity index (χ1n) is 4.20. The van der Waals surface area contributed by atoms with E-state index in [1.807, 2.05) is 0 Å². The Balaban J connectivity index is 2.19. The molecular formula is C8H7IN4O2. The maximum Gasteiger partial charge on any atom is 0.246 e. The summed E-state index contributed by atoms with van der Waals surface area (Å²) in [6.45, 7) is 0.235. The Morgan fingerprint density at radius 3 is 2.27 bits per heavy atom. The van der Waals surface area contributed by atoms with Crippen molar-refractivity contribution in [1.29, 1.82) is 0 Å². The van der Waals surface area contributed by atoms with Crippen LogP contribution in [-0.2, 0) is 9.59 Å². The van der Waals surface area contributed by atoms with E-state index in [1.165, 1.54) is 4.90 Å². The van der Waals surface area contributed by atoms with Gasteiger partial charge in [-0.1, -0.05) is 0 Å². The van der Waals surface area contributed by atoms with Crippen LogP contribution >= 0.6 is 22.6 Å². The van der Waals surface area contributed by atoms with E-state index >= 15 is 0 Å². The molecule has 6 nitrogen and oxygen atoms in total. The minimum Gasteiger partial charge on any atom is -0.322 e. The zero-order chi connectivity index (χ0) is 10.8. The van der Waals surface area contributed by atoms with Crippen molar-refractivity contribution in [3.05, 3.63) is 16.0 Å². The summed E-state index contributed by atoms with van der Waals surface area (Å²) < 4.78 is 0.907. The van der Waals surface area contributed by atoms with Crippen LogP contribution in [0.15, 0.2) is 12.4 Å². The van der Waals surface area contributed by atoms with Crippen molar-refractivity contribution in [3.63, 3.8) is 0 Å². The third-order valence-corrected chi connectivity index (χ3v) is 2.39. The number of piperazine rings is 1. The molecule has 1 aliphatic rings. The van der Waals surface area contributed by atoms with E-state index in [-0.39, 0.29) is 24.9 Å². The summed E-state index contributed by atoms with van der Waals surface area (Å²) in [6, 6.07) is 0. The van der Waals surface area contributed by atoms with Gasteiger partial charge in [0.2, 0.25) is 17.8 Å². The lowest BCUT2D eigenvalue weighted by atomic mass is 10.3. The monoisotopic (exact) mass is 318 g/mol. The number of hydrogen-bond acceptors (Lipinski definition) is 5. The fourth-order valence-electron chi connectivity index (χ4n) is 1.25. The van der Waals surface area contributed by atoms with Gasteiger partial charge in [0, 0.05) is 16.0 Å². The lowest BCUT2D eigenvalue weighted by molar-refractivity contribution is -0.130. The van der Waals surface area contributed by atoms with Gasteiger partial charge < -0.3 is 4.90 Å². The van der Waals surface area contributed by atoms with Crippen LogP contribution in [0, 0.1) is 3.57 Å². The van der Waals surface area contributed by atoms with Gasteiger partial charge in [-0.3, -0.25) is 14.9 Å². The minimum absolute atomic E-state index is 0.117. The molecule has 0 spiro atoms. The van der Waals surface area contributed by atoms with Crippen LogP contribution in [0.2, 0.25) is 0 Å². The molecule has 15 heavy (non-hydrogen) atoms. The van der Waals surface area contributed by atoms with Gasteiger partial charge >= 0.3 is 0 Å². The second kappa shape index (κ2) is 4.09. The molecule has 0 atom stereocenters. The van der Waals surface area contributed by atoms with E-state index in [1.54, 1.807) is 12.4 Å². The van der Waals surface area contributed by atoms with Gasteiger partial charge in [-0.15, -0.1) is 0 Å². The summed E-state index contributed by atoms with van der Waals surface area (Å²) >= 11 is 2.09. The number of nitrogens with zero attached hydrogens (tertiary/aromatic N) is 3. The van der Waals surface area contributed by atoms with Crippen LogP contribution in [0.1, 0.15) is 0 Å². The zero-order valence-corrected chi connectivity index (χ0v) is 9.76. The van der Waals surface area contributed by atoms with E-state index < -0.39 is 0 Å². The molecule has 1 aromatic rings. The van der Waals surface area contributed by atoms with Crippen LogP contribution < -0.4 is 10.2 Å². The van der Waals surface area contributed by atoms with Gasteiger partial charge in [0.15, 0.2) is 0 Å². The molecule has 1 saturated heterocycles. The second-order valence-corrected chi connectivity index (χ2v) is 4.27. The number of amides is 2. The normalized spacial score (nSPS) is 16.5. The summed E-state index contributed by atoms with van der Waals surface area (Å²) in [5, 5.41) is 2.21. The van der Waals surface area contributed by atoms with Crippen LogP contribution in [0.25, 0.3) is 0 Å². The number of carbonyl (C=O) groups is 2. The van der Waals surface area contributed by atoms with Crippen molar-refractivity contribution < 1.29 is 9.59 Å². The van der Waals surface area contributed by atoms with Crippen LogP contribution in [0.3, 0.4) is 0 Å². The molecule has 0 bridgehead atoms. The topological polar surface area (TPSA) is 75.2 Å². The van der Waals surface area contributed by atoms with Crippen molar-refractivity contribution in [2.45, 2.75) is 0 Å². The van der Waals surface area contributed by atoms with Crippen molar-refractivity contribution in [3.8, 4) is 0 Å². The van der Waals surface area contributed by atoms with E-state index in [0.717, 1.165) is 3.57 Å². The summed E-state index contributed by atoms with van der Waals surface area (Å²) in [4.78, 5) is 31.8. The fraction of sp³-hybridized carbons (Fsp3) is 0.250.